The van der Waals surface area contributed by atoms with Crippen LogP contribution in [0.1, 0.15) is 24.5 Å². The number of benzene rings is 2. The van der Waals surface area contributed by atoms with Crippen molar-refractivity contribution in [3.05, 3.63) is 70.2 Å². The summed E-state index contributed by atoms with van der Waals surface area (Å²) in [7, 11) is 0. The Hall–Kier alpha value is -0.640. The highest BCUT2D eigenvalue weighted by Crippen LogP contribution is 2.33. The topological polar surface area (TPSA) is 9.23 Å². The SMILES string of the molecule is CC(CBr)(OCCCc1ccccc1)c1ccccc1Br. The van der Waals surface area contributed by atoms with Crippen LogP contribution in [-0.2, 0) is 16.8 Å². The van der Waals surface area contributed by atoms with Crippen molar-refractivity contribution < 1.29 is 4.74 Å². The highest BCUT2D eigenvalue weighted by Gasteiger charge is 2.28. The summed E-state index contributed by atoms with van der Waals surface area (Å²) in [6.45, 7) is 2.88. The Bertz CT molecular complexity index is 556. The molecule has 2 aromatic carbocycles. The minimum atomic E-state index is -0.309. The van der Waals surface area contributed by atoms with Crippen LogP contribution >= 0.6 is 31.9 Å². The minimum absolute atomic E-state index is 0.309. The fourth-order valence-electron chi connectivity index (χ4n) is 2.30. The van der Waals surface area contributed by atoms with Gasteiger partial charge in [0.25, 0.3) is 0 Å². The molecule has 0 fully saturated rings. The maximum Gasteiger partial charge on any atom is 0.101 e. The summed E-state index contributed by atoms with van der Waals surface area (Å²) in [5.41, 5.74) is 2.24. The van der Waals surface area contributed by atoms with Gasteiger partial charge in [0.15, 0.2) is 0 Å². The van der Waals surface area contributed by atoms with Crippen LogP contribution in [0.4, 0.5) is 0 Å². The summed E-state index contributed by atoms with van der Waals surface area (Å²) in [5.74, 6) is 0. The lowest BCUT2D eigenvalue weighted by Gasteiger charge is -2.29. The van der Waals surface area contributed by atoms with Gasteiger partial charge in [-0.3, -0.25) is 0 Å². The van der Waals surface area contributed by atoms with Gasteiger partial charge < -0.3 is 4.74 Å². The molecule has 0 aliphatic heterocycles. The first kappa shape index (κ1) is 16.7. The molecule has 0 aliphatic carbocycles. The molecule has 0 amide bonds. The van der Waals surface area contributed by atoms with Gasteiger partial charge in [0, 0.05) is 16.4 Å². The zero-order chi connectivity index (χ0) is 15.1. The van der Waals surface area contributed by atoms with Crippen LogP contribution in [-0.4, -0.2) is 11.9 Å². The number of hydrogen-bond acceptors (Lipinski definition) is 1. The van der Waals surface area contributed by atoms with E-state index in [9.17, 15) is 0 Å². The van der Waals surface area contributed by atoms with Gasteiger partial charge >= 0.3 is 0 Å². The lowest BCUT2D eigenvalue weighted by molar-refractivity contribution is -0.0182. The van der Waals surface area contributed by atoms with Gasteiger partial charge in [0.1, 0.15) is 5.60 Å². The molecule has 3 heteroatoms. The number of halogens is 2. The van der Waals surface area contributed by atoms with Crippen LogP contribution < -0.4 is 0 Å². The molecule has 0 saturated heterocycles. The molecule has 2 rings (SSSR count). The molecule has 0 heterocycles. The molecular weight excluding hydrogens is 392 g/mol. The van der Waals surface area contributed by atoms with Crippen LogP contribution in [0.5, 0.6) is 0 Å². The lowest BCUT2D eigenvalue weighted by Crippen LogP contribution is -2.29. The van der Waals surface area contributed by atoms with E-state index in [2.05, 4.69) is 81.2 Å². The Morgan fingerprint density at radius 3 is 2.33 bits per heavy atom. The van der Waals surface area contributed by atoms with Crippen molar-refractivity contribution in [1.29, 1.82) is 0 Å². The molecule has 0 bridgehead atoms. The number of alkyl halides is 1. The Morgan fingerprint density at radius 1 is 1.00 bits per heavy atom. The van der Waals surface area contributed by atoms with Crippen LogP contribution in [0.2, 0.25) is 0 Å². The first-order valence-corrected chi connectivity index (χ1v) is 9.06. The average Bonchev–Trinajstić information content (AvgIpc) is 2.53. The predicted molar refractivity (Wildman–Crippen MR) is 96.0 cm³/mol. The van der Waals surface area contributed by atoms with Crippen LogP contribution in [0.25, 0.3) is 0 Å². The molecule has 1 unspecified atom stereocenters. The molecule has 21 heavy (non-hydrogen) atoms. The lowest BCUT2D eigenvalue weighted by atomic mass is 9.98. The third-order valence-corrected chi connectivity index (χ3v) is 5.33. The highest BCUT2D eigenvalue weighted by molar-refractivity contribution is 9.10. The van der Waals surface area contributed by atoms with Crippen LogP contribution in [0.3, 0.4) is 0 Å². The van der Waals surface area contributed by atoms with Gasteiger partial charge in [-0.25, -0.2) is 0 Å². The average molecular weight is 412 g/mol. The van der Waals surface area contributed by atoms with Crippen molar-refractivity contribution in [1.82, 2.24) is 0 Å². The fourth-order valence-corrected chi connectivity index (χ4v) is 3.46. The summed E-state index contributed by atoms with van der Waals surface area (Å²) >= 11 is 7.21. The Morgan fingerprint density at radius 2 is 1.67 bits per heavy atom. The first-order chi connectivity index (χ1) is 10.2. The molecule has 0 N–H and O–H groups in total. The molecule has 0 aromatic heterocycles. The Kier molecular flexibility index (Phi) is 6.46. The largest absolute Gasteiger partial charge is 0.370 e. The second-order valence-electron chi connectivity index (χ2n) is 5.28. The van der Waals surface area contributed by atoms with Gasteiger partial charge in [0.05, 0.1) is 0 Å². The summed E-state index contributed by atoms with van der Waals surface area (Å²) in [5, 5.41) is 0.772. The van der Waals surface area contributed by atoms with Crippen LogP contribution in [0, 0.1) is 0 Å². The van der Waals surface area contributed by atoms with E-state index < -0.39 is 0 Å². The quantitative estimate of drug-likeness (QED) is 0.418. The van der Waals surface area contributed by atoms with Crippen molar-refractivity contribution in [3.8, 4) is 0 Å². The molecule has 1 nitrogen and oxygen atoms in total. The molecule has 0 radical (unpaired) electrons. The van der Waals surface area contributed by atoms with Gasteiger partial charge in [0.2, 0.25) is 0 Å². The van der Waals surface area contributed by atoms with Gasteiger partial charge in [-0.1, -0.05) is 80.4 Å². The van der Waals surface area contributed by atoms with E-state index in [0.717, 1.165) is 29.3 Å². The van der Waals surface area contributed by atoms with Crippen molar-refractivity contribution in [2.75, 3.05) is 11.9 Å². The first-order valence-electron chi connectivity index (χ1n) is 7.14. The molecule has 1 atom stereocenters. The standard InChI is InChI=1S/C18H20Br2O/c1-18(14-19,16-11-5-6-12-17(16)20)21-13-7-10-15-8-3-2-4-9-15/h2-6,8-9,11-12H,7,10,13-14H2,1H3. The molecule has 112 valence electrons. The van der Waals surface area contributed by atoms with Gasteiger partial charge in [-0.15, -0.1) is 0 Å². The second-order valence-corrected chi connectivity index (χ2v) is 6.70. The maximum absolute atomic E-state index is 6.19. The smallest absolute Gasteiger partial charge is 0.101 e. The molecule has 2 aromatic rings. The predicted octanol–water partition coefficient (Wildman–Crippen LogP) is 5.71. The van der Waals surface area contributed by atoms with Gasteiger partial charge in [-0.2, -0.15) is 0 Å². The minimum Gasteiger partial charge on any atom is -0.370 e. The van der Waals surface area contributed by atoms with E-state index >= 15 is 0 Å². The molecule has 0 spiro atoms. The normalized spacial score (nSPS) is 13.9. The maximum atomic E-state index is 6.19. The number of hydrogen-bond donors (Lipinski definition) is 0. The van der Waals surface area contributed by atoms with Crippen molar-refractivity contribution in [3.63, 3.8) is 0 Å². The van der Waals surface area contributed by atoms with E-state index in [-0.39, 0.29) is 5.60 Å². The zero-order valence-electron chi connectivity index (χ0n) is 12.2. The summed E-state index contributed by atoms with van der Waals surface area (Å²) in [6, 6.07) is 18.8. The van der Waals surface area contributed by atoms with E-state index in [4.69, 9.17) is 4.74 Å². The fraction of sp³-hybridized carbons (Fsp3) is 0.333. The monoisotopic (exact) mass is 410 g/mol. The summed E-state index contributed by atoms with van der Waals surface area (Å²) < 4.78 is 7.28. The number of rotatable bonds is 7. The van der Waals surface area contributed by atoms with E-state index in [1.807, 2.05) is 12.1 Å². The number of ether oxygens (including phenoxy) is 1. The van der Waals surface area contributed by atoms with Crippen LogP contribution in [0.15, 0.2) is 59.1 Å². The van der Waals surface area contributed by atoms with E-state index in [1.54, 1.807) is 0 Å². The van der Waals surface area contributed by atoms with Crippen molar-refractivity contribution in [2.45, 2.75) is 25.4 Å². The molecule has 0 aliphatic rings. The van der Waals surface area contributed by atoms with E-state index in [1.165, 1.54) is 11.1 Å². The molecule has 0 saturated carbocycles. The van der Waals surface area contributed by atoms with Crippen molar-refractivity contribution >= 4 is 31.9 Å². The summed E-state index contributed by atoms with van der Waals surface area (Å²) in [4.78, 5) is 0. The zero-order valence-corrected chi connectivity index (χ0v) is 15.4. The second kappa shape index (κ2) is 8.11. The Balaban J connectivity index is 1.92. The molecular formula is C18H20Br2O. The highest BCUT2D eigenvalue weighted by atomic mass is 79.9. The van der Waals surface area contributed by atoms with Gasteiger partial charge in [-0.05, 0) is 37.0 Å². The third kappa shape index (κ3) is 4.67. The Labute approximate surface area is 144 Å². The third-order valence-electron chi connectivity index (χ3n) is 3.57. The summed E-state index contributed by atoms with van der Waals surface area (Å²) in [6.07, 6.45) is 2.08. The van der Waals surface area contributed by atoms with Crippen molar-refractivity contribution in [2.24, 2.45) is 0 Å². The van der Waals surface area contributed by atoms with E-state index in [0.29, 0.717) is 0 Å². The number of aryl methyl sites for hydroxylation is 1.